The summed E-state index contributed by atoms with van der Waals surface area (Å²) in [6.07, 6.45) is 3.16. The number of nitrogens with one attached hydrogen (secondary N) is 1. The minimum absolute atomic E-state index is 0.266. The van der Waals surface area contributed by atoms with Crippen molar-refractivity contribution in [1.29, 1.82) is 0 Å². The van der Waals surface area contributed by atoms with Crippen LogP contribution in [0.15, 0.2) is 48.5 Å². The molecule has 1 amide bonds. The van der Waals surface area contributed by atoms with E-state index in [2.05, 4.69) is 5.32 Å². The van der Waals surface area contributed by atoms with Gasteiger partial charge in [-0.05, 0) is 48.9 Å². The Kier molecular flexibility index (Phi) is 5.87. The molecule has 0 fully saturated rings. The van der Waals surface area contributed by atoms with E-state index < -0.39 is 0 Å². The fourth-order valence-electron chi connectivity index (χ4n) is 1.78. The molecule has 0 aromatic heterocycles. The molecule has 0 aliphatic heterocycles. The highest BCUT2D eigenvalue weighted by molar-refractivity contribution is 6.36. The van der Waals surface area contributed by atoms with Crippen LogP contribution in [0.5, 0.6) is 5.75 Å². The van der Waals surface area contributed by atoms with Crippen LogP contribution in [0.25, 0.3) is 6.08 Å². The number of halogens is 2. The minimum atomic E-state index is -0.266. The lowest BCUT2D eigenvalue weighted by Gasteiger charge is -2.05. The molecule has 0 saturated heterocycles. The Morgan fingerprint density at radius 2 is 1.91 bits per heavy atom. The summed E-state index contributed by atoms with van der Waals surface area (Å²) >= 11 is 11.8. The van der Waals surface area contributed by atoms with Crippen LogP contribution >= 0.6 is 23.2 Å². The molecule has 0 atom stereocenters. The lowest BCUT2D eigenvalue weighted by atomic mass is 10.2. The van der Waals surface area contributed by atoms with Crippen LogP contribution in [0.1, 0.15) is 12.5 Å². The molecule has 3 nitrogen and oxygen atoms in total. The van der Waals surface area contributed by atoms with E-state index in [-0.39, 0.29) is 5.91 Å². The molecule has 114 valence electrons. The SMILES string of the molecule is CCOc1ccc(C=CC(=O)Nc2ccc(Cl)cc2Cl)cc1. The highest BCUT2D eigenvalue weighted by Crippen LogP contribution is 2.25. The second-order valence-electron chi connectivity index (χ2n) is 4.45. The Balaban J connectivity index is 1.98. The van der Waals surface area contributed by atoms with E-state index in [9.17, 15) is 4.79 Å². The van der Waals surface area contributed by atoms with E-state index in [0.717, 1.165) is 11.3 Å². The highest BCUT2D eigenvalue weighted by Gasteiger charge is 2.03. The van der Waals surface area contributed by atoms with Crippen molar-refractivity contribution in [3.05, 3.63) is 64.1 Å². The zero-order valence-corrected chi connectivity index (χ0v) is 13.5. The molecule has 0 aliphatic carbocycles. The van der Waals surface area contributed by atoms with Crippen molar-refractivity contribution in [2.75, 3.05) is 11.9 Å². The van der Waals surface area contributed by atoms with Crippen LogP contribution in [0.4, 0.5) is 5.69 Å². The Morgan fingerprint density at radius 3 is 2.55 bits per heavy atom. The van der Waals surface area contributed by atoms with Crippen LogP contribution in [-0.2, 0) is 4.79 Å². The summed E-state index contributed by atoms with van der Waals surface area (Å²) in [4.78, 5) is 11.9. The second-order valence-corrected chi connectivity index (χ2v) is 5.29. The maximum atomic E-state index is 11.9. The standard InChI is InChI=1S/C17H15Cl2NO2/c1-2-22-14-7-3-12(4-8-14)5-10-17(21)20-16-9-6-13(18)11-15(16)19/h3-11H,2H2,1H3,(H,20,21). The number of benzene rings is 2. The molecule has 2 aromatic carbocycles. The number of carbonyl (C=O) groups excluding carboxylic acids is 1. The van der Waals surface area contributed by atoms with Gasteiger partial charge in [0, 0.05) is 11.1 Å². The number of hydrogen-bond donors (Lipinski definition) is 1. The van der Waals surface area contributed by atoms with Crippen molar-refractivity contribution in [1.82, 2.24) is 0 Å². The molecule has 0 aliphatic rings. The van der Waals surface area contributed by atoms with Crippen molar-refractivity contribution in [2.24, 2.45) is 0 Å². The van der Waals surface area contributed by atoms with Gasteiger partial charge in [0.1, 0.15) is 5.75 Å². The van der Waals surface area contributed by atoms with E-state index >= 15 is 0 Å². The molecular weight excluding hydrogens is 321 g/mol. The first-order chi connectivity index (χ1) is 10.6. The molecule has 0 unspecified atom stereocenters. The first kappa shape index (κ1) is 16.4. The van der Waals surface area contributed by atoms with Gasteiger partial charge in [-0.25, -0.2) is 0 Å². The summed E-state index contributed by atoms with van der Waals surface area (Å²) in [5, 5.41) is 3.62. The van der Waals surface area contributed by atoms with Crippen molar-refractivity contribution in [3.63, 3.8) is 0 Å². The molecule has 1 N–H and O–H groups in total. The Morgan fingerprint density at radius 1 is 1.18 bits per heavy atom. The highest BCUT2D eigenvalue weighted by atomic mass is 35.5. The largest absolute Gasteiger partial charge is 0.494 e. The summed E-state index contributed by atoms with van der Waals surface area (Å²) < 4.78 is 5.36. The van der Waals surface area contributed by atoms with Crippen LogP contribution in [0.3, 0.4) is 0 Å². The molecule has 0 heterocycles. The summed E-state index contributed by atoms with van der Waals surface area (Å²) in [6, 6.07) is 12.4. The predicted molar refractivity (Wildman–Crippen MR) is 91.7 cm³/mol. The molecule has 0 spiro atoms. The number of rotatable bonds is 5. The molecule has 0 bridgehead atoms. The van der Waals surface area contributed by atoms with Crippen LogP contribution < -0.4 is 10.1 Å². The van der Waals surface area contributed by atoms with Gasteiger partial charge in [0.05, 0.1) is 17.3 Å². The molecule has 22 heavy (non-hydrogen) atoms. The summed E-state index contributed by atoms with van der Waals surface area (Å²) in [5.41, 5.74) is 1.42. The van der Waals surface area contributed by atoms with Crippen molar-refractivity contribution >= 4 is 40.9 Å². The van der Waals surface area contributed by atoms with Crippen molar-refractivity contribution < 1.29 is 9.53 Å². The van der Waals surface area contributed by atoms with E-state index in [1.54, 1.807) is 24.3 Å². The van der Waals surface area contributed by atoms with Gasteiger partial charge in [-0.3, -0.25) is 4.79 Å². The zero-order chi connectivity index (χ0) is 15.9. The summed E-state index contributed by atoms with van der Waals surface area (Å²) in [5.74, 6) is 0.537. The smallest absolute Gasteiger partial charge is 0.248 e. The van der Waals surface area contributed by atoms with E-state index in [4.69, 9.17) is 27.9 Å². The third kappa shape index (κ3) is 4.79. The lowest BCUT2D eigenvalue weighted by Crippen LogP contribution is -2.08. The van der Waals surface area contributed by atoms with Gasteiger partial charge in [-0.15, -0.1) is 0 Å². The molecule has 5 heteroatoms. The van der Waals surface area contributed by atoms with Gasteiger partial charge in [0.2, 0.25) is 5.91 Å². The Hall–Kier alpha value is -1.97. The van der Waals surface area contributed by atoms with Crippen LogP contribution in [0.2, 0.25) is 10.0 Å². The van der Waals surface area contributed by atoms with E-state index in [0.29, 0.717) is 22.3 Å². The van der Waals surface area contributed by atoms with Gasteiger partial charge in [0.25, 0.3) is 0 Å². The number of ether oxygens (including phenoxy) is 1. The van der Waals surface area contributed by atoms with Crippen LogP contribution in [0, 0.1) is 0 Å². The van der Waals surface area contributed by atoms with Gasteiger partial charge < -0.3 is 10.1 Å². The van der Waals surface area contributed by atoms with Gasteiger partial charge >= 0.3 is 0 Å². The summed E-state index contributed by atoms with van der Waals surface area (Å²) in [6.45, 7) is 2.56. The Bertz CT molecular complexity index is 682. The van der Waals surface area contributed by atoms with Gasteiger partial charge in [-0.2, -0.15) is 0 Å². The Labute approximate surface area is 139 Å². The monoisotopic (exact) mass is 335 g/mol. The molecule has 0 radical (unpaired) electrons. The molecular formula is C17H15Cl2NO2. The second kappa shape index (κ2) is 7.87. The van der Waals surface area contributed by atoms with Gasteiger partial charge in [-0.1, -0.05) is 35.3 Å². The minimum Gasteiger partial charge on any atom is -0.494 e. The first-order valence-corrected chi connectivity index (χ1v) is 7.51. The maximum Gasteiger partial charge on any atom is 0.248 e. The quantitative estimate of drug-likeness (QED) is 0.777. The zero-order valence-electron chi connectivity index (χ0n) is 12.0. The van der Waals surface area contributed by atoms with E-state index in [1.807, 2.05) is 31.2 Å². The maximum absolute atomic E-state index is 11.9. The average molecular weight is 336 g/mol. The van der Waals surface area contributed by atoms with Crippen molar-refractivity contribution in [3.8, 4) is 5.75 Å². The normalized spacial score (nSPS) is 10.7. The lowest BCUT2D eigenvalue weighted by molar-refractivity contribution is -0.111. The predicted octanol–water partition coefficient (Wildman–Crippen LogP) is 5.04. The molecule has 2 rings (SSSR count). The number of anilines is 1. The summed E-state index contributed by atoms with van der Waals surface area (Å²) in [7, 11) is 0. The molecule has 0 saturated carbocycles. The van der Waals surface area contributed by atoms with Crippen molar-refractivity contribution in [2.45, 2.75) is 6.92 Å². The van der Waals surface area contributed by atoms with Gasteiger partial charge in [0.15, 0.2) is 0 Å². The van der Waals surface area contributed by atoms with E-state index in [1.165, 1.54) is 6.08 Å². The topological polar surface area (TPSA) is 38.3 Å². The number of carbonyl (C=O) groups is 1. The number of hydrogen-bond acceptors (Lipinski definition) is 2. The average Bonchev–Trinajstić information content (AvgIpc) is 2.50. The third-order valence-corrected chi connectivity index (χ3v) is 3.36. The fraction of sp³-hybridized carbons (Fsp3) is 0.118. The fourth-order valence-corrected chi connectivity index (χ4v) is 2.23. The first-order valence-electron chi connectivity index (χ1n) is 6.75. The molecule has 2 aromatic rings. The van der Waals surface area contributed by atoms with Crippen LogP contribution in [-0.4, -0.2) is 12.5 Å². The number of amides is 1. The third-order valence-electron chi connectivity index (χ3n) is 2.81.